The molecule has 0 radical (unpaired) electrons. The van der Waals surface area contributed by atoms with E-state index in [1.165, 1.54) is 12.8 Å². The van der Waals surface area contributed by atoms with Crippen molar-refractivity contribution in [3.05, 3.63) is 28.2 Å². The molecular formula is C15H19Cl2N3O. The summed E-state index contributed by atoms with van der Waals surface area (Å²) in [6, 6.07) is 6.35. The molecule has 1 aromatic carbocycles. The van der Waals surface area contributed by atoms with Crippen LogP contribution in [0.5, 0.6) is 0 Å². The summed E-state index contributed by atoms with van der Waals surface area (Å²) in [7, 11) is 0. The Morgan fingerprint density at radius 3 is 2.71 bits per heavy atom. The summed E-state index contributed by atoms with van der Waals surface area (Å²) in [6.45, 7) is 2.27. The number of likely N-dealkylation sites (tertiary alicyclic amines) is 1. The van der Waals surface area contributed by atoms with Crippen molar-refractivity contribution in [2.24, 2.45) is 0 Å². The molecule has 2 aliphatic rings. The van der Waals surface area contributed by atoms with Crippen LogP contribution in [-0.4, -0.2) is 42.5 Å². The van der Waals surface area contributed by atoms with Gasteiger partial charge in [-0.2, -0.15) is 0 Å². The fourth-order valence-electron chi connectivity index (χ4n) is 3.16. The van der Waals surface area contributed by atoms with Crippen molar-refractivity contribution in [2.45, 2.75) is 31.3 Å². The monoisotopic (exact) mass is 327 g/mol. The van der Waals surface area contributed by atoms with E-state index in [9.17, 15) is 4.79 Å². The van der Waals surface area contributed by atoms with E-state index >= 15 is 0 Å². The van der Waals surface area contributed by atoms with Gasteiger partial charge in [-0.05, 0) is 31.4 Å². The Labute approximate surface area is 134 Å². The number of nitrogens with zero attached hydrogens (tertiary/aromatic N) is 1. The van der Waals surface area contributed by atoms with E-state index in [4.69, 9.17) is 23.2 Å². The van der Waals surface area contributed by atoms with E-state index < -0.39 is 0 Å². The number of halogens is 2. The molecule has 21 heavy (non-hydrogen) atoms. The quantitative estimate of drug-likeness (QED) is 0.897. The molecule has 4 nitrogen and oxygen atoms in total. The van der Waals surface area contributed by atoms with Crippen LogP contribution in [0.1, 0.15) is 19.3 Å². The lowest BCUT2D eigenvalue weighted by atomic mass is 10.1. The number of para-hydroxylation sites is 1. The zero-order chi connectivity index (χ0) is 14.8. The number of hydrogen-bond donors (Lipinski definition) is 2. The molecule has 114 valence electrons. The minimum atomic E-state index is -0.0669. The lowest BCUT2D eigenvalue weighted by molar-refractivity contribution is -0.117. The Morgan fingerprint density at radius 2 is 1.95 bits per heavy atom. The van der Waals surface area contributed by atoms with Gasteiger partial charge in [0, 0.05) is 25.2 Å². The van der Waals surface area contributed by atoms with Gasteiger partial charge in [0.15, 0.2) is 0 Å². The van der Waals surface area contributed by atoms with E-state index in [-0.39, 0.29) is 5.91 Å². The number of carbonyl (C=O) groups excluding carboxylic acids is 1. The molecule has 0 aromatic heterocycles. The van der Waals surface area contributed by atoms with Crippen molar-refractivity contribution in [3.8, 4) is 0 Å². The number of anilines is 1. The van der Waals surface area contributed by atoms with Crippen LogP contribution in [-0.2, 0) is 4.79 Å². The largest absolute Gasteiger partial charge is 0.322 e. The van der Waals surface area contributed by atoms with Crippen LogP contribution in [0.4, 0.5) is 5.69 Å². The first kappa shape index (κ1) is 15.1. The third-order valence-corrected chi connectivity index (χ3v) is 4.83. The Kier molecular flexibility index (Phi) is 4.69. The van der Waals surface area contributed by atoms with Gasteiger partial charge >= 0.3 is 0 Å². The number of benzene rings is 1. The summed E-state index contributed by atoms with van der Waals surface area (Å²) in [6.07, 6.45) is 3.58. The molecule has 0 spiro atoms. The molecule has 2 bridgehead atoms. The topological polar surface area (TPSA) is 44.4 Å². The summed E-state index contributed by atoms with van der Waals surface area (Å²) >= 11 is 12.1. The van der Waals surface area contributed by atoms with Crippen molar-refractivity contribution in [3.63, 3.8) is 0 Å². The van der Waals surface area contributed by atoms with Gasteiger partial charge < -0.3 is 10.6 Å². The maximum absolute atomic E-state index is 12.2. The zero-order valence-corrected chi connectivity index (χ0v) is 13.3. The molecule has 2 saturated heterocycles. The second-order valence-corrected chi connectivity index (χ2v) is 6.62. The van der Waals surface area contributed by atoms with Crippen LogP contribution in [0.2, 0.25) is 10.0 Å². The summed E-state index contributed by atoms with van der Waals surface area (Å²) < 4.78 is 0. The molecule has 1 amide bonds. The van der Waals surface area contributed by atoms with E-state index in [0.29, 0.717) is 34.4 Å². The van der Waals surface area contributed by atoms with Gasteiger partial charge in [0.1, 0.15) is 0 Å². The van der Waals surface area contributed by atoms with Crippen LogP contribution in [0.3, 0.4) is 0 Å². The molecule has 2 N–H and O–H groups in total. The van der Waals surface area contributed by atoms with Crippen LogP contribution >= 0.6 is 23.2 Å². The Bertz CT molecular complexity index is 517. The van der Waals surface area contributed by atoms with Crippen molar-refractivity contribution < 1.29 is 4.79 Å². The molecule has 2 heterocycles. The predicted molar refractivity (Wildman–Crippen MR) is 86.1 cm³/mol. The number of carbonyl (C=O) groups is 1. The highest BCUT2D eigenvalue weighted by molar-refractivity contribution is 6.39. The maximum Gasteiger partial charge on any atom is 0.238 e. The van der Waals surface area contributed by atoms with E-state index in [1.54, 1.807) is 18.2 Å². The third-order valence-electron chi connectivity index (χ3n) is 4.20. The minimum absolute atomic E-state index is 0.0669. The smallest absolute Gasteiger partial charge is 0.238 e. The zero-order valence-electron chi connectivity index (χ0n) is 11.7. The highest BCUT2D eigenvalue weighted by Gasteiger charge is 2.29. The lowest BCUT2D eigenvalue weighted by Crippen LogP contribution is -2.39. The predicted octanol–water partition coefficient (Wildman–Crippen LogP) is 2.76. The van der Waals surface area contributed by atoms with Gasteiger partial charge in [0.05, 0.1) is 22.3 Å². The first-order valence-electron chi connectivity index (χ1n) is 7.34. The number of hydrogen-bond acceptors (Lipinski definition) is 3. The Hall–Kier alpha value is -0.810. The van der Waals surface area contributed by atoms with Gasteiger partial charge in [0.25, 0.3) is 0 Å². The van der Waals surface area contributed by atoms with Crippen LogP contribution in [0.25, 0.3) is 0 Å². The maximum atomic E-state index is 12.2. The first-order valence-corrected chi connectivity index (χ1v) is 8.09. The fraction of sp³-hybridized carbons (Fsp3) is 0.533. The standard InChI is InChI=1S/C15H19Cl2N3O/c16-12-2-1-3-13(17)15(12)19-14(21)9-20-7-6-10-4-5-11(8-20)18-10/h1-3,10-11,18H,4-9H2,(H,19,21). The first-order chi connectivity index (χ1) is 10.1. The van der Waals surface area contributed by atoms with Crippen molar-refractivity contribution in [2.75, 3.05) is 25.0 Å². The molecule has 3 rings (SSSR count). The number of amides is 1. The second-order valence-electron chi connectivity index (χ2n) is 5.81. The average molecular weight is 328 g/mol. The van der Waals surface area contributed by atoms with E-state index in [2.05, 4.69) is 15.5 Å². The molecule has 0 saturated carbocycles. The van der Waals surface area contributed by atoms with Crippen molar-refractivity contribution in [1.82, 2.24) is 10.2 Å². The van der Waals surface area contributed by atoms with Crippen molar-refractivity contribution >= 4 is 34.8 Å². The minimum Gasteiger partial charge on any atom is -0.322 e. The normalized spacial score (nSPS) is 25.6. The van der Waals surface area contributed by atoms with Crippen molar-refractivity contribution in [1.29, 1.82) is 0 Å². The fourth-order valence-corrected chi connectivity index (χ4v) is 3.65. The Balaban J connectivity index is 1.59. The third kappa shape index (κ3) is 3.69. The van der Waals surface area contributed by atoms with Crippen LogP contribution < -0.4 is 10.6 Å². The lowest BCUT2D eigenvalue weighted by Gasteiger charge is -2.23. The molecule has 6 heteroatoms. The Morgan fingerprint density at radius 1 is 1.24 bits per heavy atom. The molecule has 1 aromatic rings. The number of fused-ring (bicyclic) bond motifs is 2. The highest BCUT2D eigenvalue weighted by atomic mass is 35.5. The molecule has 2 unspecified atom stereocenters. The van der Waals surface area contributed by atoms with E-state index in [1.807, 2.05) is 0 Å². The molecular weight excluding hydrogens is 309 g/mol. The number of rotatable bonds is 3. The average Bonchev–Trinajstić information content (AvgIpc) is 2.77. The van der Waals surface area contributed by atoms with E-state index in [0.717, 1.165) is 19.5 Å². The second kappa shape index (κ2) is 6.53. The van der Waals surface area contributed by atoms with Gasteiger partial charge in [0.2, 0.25) is 5.91 Å². The van der Waals surface area contributed by atoms with Crippen LogP contribution in [0.15, 0.2) is 18.2 Å². The SMILES string of the molecule is O=C(CN1CCC2CCC(C1)N2)Nc1c(Cl)cccc1Cl. The van der Waals surface area contributed by atoms with Gasteiger partial charge in [-0.15, -0.1) is 0 Å². The summed E-state index contributed by atoms with van der Waals surface area (Å²) in [5.74, 6) is -0.0669. The molecule has 2 fully saturated rings. The summed E-state index contributed by atoms with van der Waals surface area (Å²) in [4.78, 5) is 14.4. The number of nitrogens with one attached hydrogen (secondary N) is 2. The highest BCUT2D eigenvalue weighted by Crippen LogP contribution is 2.29. The molecule has 2 atom stereocenters. The molecule has 0 aliphatic carbocycles. The van der Waals surface area contributed by atoms with Gasteiger partial charge in [-0.3, -0.25) is 9.69 Å². The van der Waals surface area contributed by atoms with Gasteiger partial charge in [-0.1, -0.05) is 29.3 Å². The molecule has 2 aliphatic heterocycles. The summed E-state index contributed by atoms with van der Waals surface area (Å²) in [5.41, 5.74) is 0.500. The summed E-state index contributed by atoms with van der Waals surface area (Å²) in [5, 5.41) is 7.36. The van der Waals surface area contributed by atoms with Crippen LogP contribution in [0, 0.1) is 0 Å². The van der Waals surface area contributed by atoms with Gasteiger partial charge in [-0.25, -0.2) is 0 Å².